The first-order valence-electron chi connectivity index (χ1n) is 8.14. The summed E-state index contributed by atoms with van der Waals surface area (Å²) in [7, 11) is 0. The van der Waals surface area contributed by atoms with Gasteiger partial charge in [0.2, 0.25) is 5.91 Å². The minimum atomic E-state index is -0.123. The van der Waals surface area contributed by atoms with Gasteiger partial charge in [0, 0.05) is 12.6 Å². The smallest absolute Gasteiger partial charge is 0.224 e. The molecule has 3 heteroatoms. The van der Waals surface area contributed by atoms with Crippen LogP contribution in [0.3, 0.4) is 0 Å². The maximum Gasteiger partial charge on any atom is 0.224 e. The van der Waals surface area contributed by atoms with E-state index < -0.39 is 0 Å². The molecule has 0 aliphatic heterocycles. The number of hydrogen-bond acceptors (Lipinski definition) is 2. The van der Waals surface area contributed by atoms with E-state index in [0.29, 0.717) is 18.5 Å². The molecule has 0 saturated heterocycles. The maximum atomic E-state index is 12.4. The largest absolute Gasteiger partial charge is 0.353 e. The van der Waals surface area contributed by atoms with E-state index in [1.807, 2.05) is 18.2 Å². The molecule has 0 bridgehead atoms. The molecule has 116 valence electrons. The molecular formula is C18H28N2O. The van der Waals surface area contributed by atoms with E-state index in [-0.39, 0.29) is 11.8 Å². The summed E-state index contributed by atoms with van der Waals surface area (Å²) < 4.78 is 0. The summed E-state index contributed by atoms with van der Waals surface area (Å²) in [5.74, 6) is 1.46. The van der Waals surface area contributed by atoms with Crippen LogP contribution in [0.15, 0.2) is 30.3 Å². The predicted molar refractivity (Wildman–Crippen MR) is 86.8 cm³/mol. The molecule has 1 saturated carbocycles. The van der Waals surface area contributed by atoms with Crippen LogP contribution < -0.4 is 11.1 Å². The minimum absolute atomic E-state index is 0.119. The zero-order valence-corrected chi connectivity index (χ0v) is 13.2. The van der Waals surface area contributed by atoms with E-state index in [2.05, 4.69) is 31.3 Å². The summed E-state index contributed by atoms with van der Waals surface area (Å²) in [6.45, 7) is 4.99. The van der Waals surface area contributed by atoms with Crippen LogP contribution in [-0.4, -0.2) is 18.5 Å². The van der Waals surface area contributed by atoms with Gasteiger partial charge < -0.3 is 11.1 Å². The summed E-state index contributed by atoms with van der Waals surface area (Å²) in [4.78, 5) is 12.4. The molecule has 2 rings (SSSR count). The second-order valence-electron chi connectivity index (χ2n) is 6.60. The Morgan fingerprint density at radius 1 is 1.24 bits per heavy atom. The number of hydrogen-bond donors (Lipinski definition) is 2. The van der Waals surface area contributed by atoms with E-state index in [9.17, 15) is 4.79 Å². The van der Waals surface area contributed by atoms with Crippen LogP contribution in [-0.2, 0) is 11.2 Å². The topological polar surface area (TPSA) is 55.1 Å². The Labute approximate surface area is 128 Å². The highest BCUT2D eigenvalue weighted by Gasteiger charge is 2.27. The van der Waals surface area contributed by atoms with Crippen LogP contribution >= 0.6 is 0 Å². The third-order valence-corrected chi connectivity index (χ3v) is 4.92. The maximum absolute atomic E-state index is 12.4. The Hall–Kier alpha value is -1.35. The SMILES string of the molecule is CC1CCC(NC(=O)C(CN)Cc2ccccc2)CC1C. The van der Waals surface area contributed by atoms with Gasteiger partial charge in [0.15, 0.2) is 0 Å². The molecule has 0 radical (unpaired) electrons. The molecule has 3 nitrogen and oxygen atoms in total. The molecule has 0 spiro atoms. The van der Waals surface area contributed by atoms with Gasteiger partial charge >= 0.3 is 0 Å². The fourth-order valence-electron chi connectivity index (χ4n) is 3.18. The number of nitrogens with two attached hydrogens (primary N) is 1. The average molecular weight is 288 g/mol. The standard InChI is InChI=1S/C18H28N2O/c1-13-8-9-17(10-14(13)2)20-18(21)16(12-19)11-15-6-4-3-5-7-15/h3-7,13-14,16-17H,8-12,19H2,1-2H3,(H,20,21). The Morgan fingerprint density at radius 2 is 1.95 bits per heavy atom. The molecule has 1 amide bonds. The molecule has 1 fully saturated rings. The fourth-order valence-corrected chi connectivity index (χ4v) is 3.18. The first-order valence-corrected chi connectivity index (χ1v) is 8.14. The van der Waals surface area contributed by atoms with Crippen molar-refractivity contribution in [2.75, 3.05) is 6.54 Å². The molecule has 3 N–H and O–H groups in total. The normalized spacial score (nSPS) is 27.1. The van der Waals surface area contributed by atoms with Crippen molar-refractivity contribution in [1.82, 2.24) is 5.32 Å². The van der Waals surface area contributed by atoms with Crippen LogP contribution in [0, 0.1) is 17.8 Å². The van der Waals surface area contributed by atoms with E-state index in [4.69, 9.17) is 5.73 Å². The van der Waals surface area contributed by atoms with Gasteiger partial charge in [0.1, 0.15) is 0 Å². The van der Waals surface area contributed by atoms with E-state index in [0.717, 1.165) is 25.2 Å². The van der Waals surface area contributed by atoms with E-state index in [1.165, 1.54) is 12.0 Å². The van der Waals surface area contributed by atoms with Gasteiger partial charge in [-0.05, 0) is 43.1 Å². The number of carbonyl (C=O) groups is 1. The van der Waals surface area contributed by atoms with Gasteiger partial charge in [0.25, 0.3) is 0 Å². The highest BCUT2D eigenvalue weighted by atomic mass is 16.1. The lowest BCUT2D eigenvalue weighted by atomic mass is 9.79. The quantitative estimate of drug-likeness (QED) is 0.875. The lowest BCUT2D eigenvalue weighted by molar-refractivity contribution is -0.125. The third kappa shape index (κ3) is 4.57. The summed E-state index contributed by atoms with van der Waals surface area (Å²) in [5.41, 5.74) is 6.99. The number of carbonyl (C=O) groups excluding carboxylic acids is 1. The van der Waals surface area contributed by atoms with Gasteiger partial charge in [-0.1, -0.05) is 44.2 Å². The fraction of sp³-hybridized carbons (Fsp3) is 0.611. The third-order valence-electron chi connectivity index (χ3n) is 4.92. The summed E-state index contributed by atoms with van der Waals surface area (Å²) in [6.07, 6.45) is 4.12. The molecule has 4 unspecified atom stereocenters. The predicted octanol–water partition coefficient (Wildman–Crippen LogP) is 2.74. The van der Waals surface area contributed by atoms with Crippen LogP contribution in [0.25, 0.3) is 0 Å². The molecule has 0 aromatic heterocycles. The van der Waals surface area contributed by atoms with Crippen molar-refractivity contribution in [3.63, 3.8) is 0 Å². The Bertz CT molecular complexity index is 446. The molecule has 0 heterocycles. The molecule has 1 aromatic carbocycles. The van der Waals surface area contributed by atoms with Crippen molar-refractivity contribution < 1.29 is 4.79 Å². The van der Waals surface area contributed by atoms with Crippen molar-refractivity contribution in [1.29, 1.82) is 0 Å². The highest BCUT2D eigenvalue weighted by molar-refractivity contribution is 5.79. The van der Waals surface area contributed by atoms with E-state index >= 15 is 0 Å². The molecule has 1 aliphatic carbocycles. The first-order chi connectivity index (χ1) is 10.1. The van der Waals surface area contributed by atoms with Gasteiger partial charge in [-0.2, -0.15) is 0 Å². The van der Waals surface area contributed by atoms with Gasteiger partial charge in [0.05, 0.1) is 5.92 Å². The van der Waals surface area contributed by atoms with Gasteiger partial charge in [-0.3, -0.25) is 4.79 Å². The second-order valence-corrected chi connectivity index (χ2v) is 6.60. The number of rotatable bonds is 5. The lowest BCUT2D eigenvalue weighted by Crippen LogP contribution is -2.44. The monoisotopic (exact) mass is 288 g/mol. The zero-order chi connectivity index (χ0) is 15.2. The molecule has 1 aliphatic rings. The van der Waals surface area contributed by atoms with Crippen LogP contribution in [0.1, 0.15) is 38.7 Å². The van der Waals surface area contributed by atoms with Crippen LogP contribution in [0.5, 0.6) is 0 Å². The van der Waals surface area contributed by atoms with Crippen molar-refractivity contribution in [2.24, 2.45) is 23.5 Å². The molecular weight excluding hydrogens is 260 g/mol. The average Bonchev–Trinajstić information content (AvgIpc) is 2.49. The Morgan fingerprint density at radius 3 is 2.57 bits per heavy atom. The van der Waals surface area contributed by atoms with Crippen molar-refractivity contribution >= 4 is 5.91 Å². The van der Waals surface area contributed by atoms with Crippen molar-refractivity contribution in [3.8, 4) is 0 Å². The van der Waals surface area contributed by atoms with E-state index in [1.54, 1.807) is 0 Å². The van der Waals surface area contributed by atoms with Crippen LogP contribution in [0.2, 0.25) is 0 Å². The first kappa shape index (κ1) is 16.0. The summed E-state index contributed by atoms with van der Waals surface area (Å²) in [6, 6.07) is 10.4. The molecule has 21 heavy (non-hydrogen) atoms. The summed E-state index contributed by atoms with van der Waals surface area (Å²) in [5, 5.41) is 3.22. The molecule has 1 aromatic rings. The van der Waals surface area contributed by atoms with Crippen molar-refractivity contribution in [3.05, 3.63) is 35.9 Å². The lowest BCUT2D eigenvalue weighted by Gasteiger charge is -2.33. The second kappa shape index (κ2) is 7.60. The van der Waals surface area contributed by atoms with Gasteiger partial charge in [-0.25, -0.2) is 0 Å². The Kier molecular flexibility index (Phi) is 5.80. The summed E-state index contributed by atoms with van der Waals surface area (Å²) >= 11 is 0. The van der Waals surface area contributed by atoms with Crippen LogP contribution in [0.4, 0.5) is 0 Å². The highest BCUT2D eigenvalue weighted by Crippen LogP contribution is 2.29. The zero-order valence-electron chi connectivity index (χ0n) is 13.2. The number of benzene rings is 1. The Balaban J connectivity index is 1.88. The van der Waals surface area contributed by atoms with Gasteiger partial charge in [-0.15, -0.1) is 0 Å². The number of amides is 1. The number of nitrogens with one attached hydrogen (secondary N) is 1. The van der Waals surface area contributed by atoms with Crippen molar-refractivity contribution in [2.45, 2.75) is 45.6 Å². The minimum Gasteiger partial charge on any atom is -0.353 e. The molecule has 4 atom stereocenters.